The molecule has 1 fully saturated rings. The maximum atomic E-state index is 14.2. The Labute approximate surface area is 228 Å². The molecular weight excluding hydrogens is 522 g/mol. The number of oxazole rings is 1. The van der Waals surface area contributed by atoms with Crippen LogP contribution in [0.3, 0.4) is 0 Å². The number of nitrogens with one attached hydrogen (secondary N) is 1. The Hall–Kier alpha value is -4.21. The zero-order chi connectivity index (χ0) is 27.9. The van der Waals surface area contributed by atoms with E-state index in [9.17, 15) is 17.6 Å². The van der Waals surface area contributed by atoms with Crippen LogP contribution in [0.25, 0.3) is 45.1 Å². The highest BCUT2D eigenvalue weighted by atomic mass is 19.4. The van der Waals surface area contributed by atoms with Crippen LogP contribution in [0, 0.1) is 11.7 Å². The zero-order valence-electron chi connectivity index (χ0n) is 21.8. The van der Waals surface area contributed by atoms with Gasteiger partial charge < -0.3 is 14.3 Å². The van der Waals surface area contributed by atoms with Gasteiger partial charge in [0.25, 0.3) is 0 Å². The van der Waals surface area contributed by atoms with Crippen molar-refractivity contribution in [3.05, 3.63) is 72.3 Å². The molecule has 2 aromatic heterocycles. The number of halogens is 4. The molecule has 3 aromatic carbocycles. The molecule has 0 unspecified atom stereocenters. The van der Waals surface area contributed by atoms with Crippen molar-refractivity contribution in [1.29, 1.82) is 0 Å². The standard InChI is InChI=1S/C30H27F4N5O/c1-39-17-36-38-28(39)24-14-21(31)9-10-23(24)19-7-4-8-20(13-19)29-37-26-16-22(35-12-11-18-5-2-3-6-18)15-25(27(26)40-29)30(32,33)34/h4,7-10,13-18,35H,2-3,5-6,11-12H2,1H3. The first kappa shape index (κ1) is 26.0. The van der Waals surface area contributed by atoms with Crippen LogP contribution in [-0.2, 0) is 13.2 Å². The fraction of sp³-hybridized carbons (Fsp3) is 0.300. The summed E-state index contributed by atoms with van der Waals surface area (Å²) in [7, 11) is 1.76. The van der Waals surface area contributed by atoms with Crippen molar-refractivity contribution in [2.75, 3.05) is 11.9 Å². The van der Waals surface area contributed by atoms with Crippen molar-refractivity contribution in [2.45, 2.75) is 38.3 Å². The van der Waals surface area contributed by atoms with Gasteiger partial charge in [-0.25, -0.2) is 9.37 Å². The van der Waals surface area contributed by atoms with E-state index < -0.39 is 17.6 Å². The molecule has 0 amide bonds. The number of rotatable bonds is 7. The molecule has 2 heterocycles. The van der Waals surface area contributed by atoms with Gasteiger partial charge in [-0.05, 0) is 59.9 Å². The highest BCUT2D eigenvalue weighted by Gasteiger charge is 2.35. The number of anilines is 1. The molecule has 0 bridgehead atoms. The molecule has 10 heteroatoms. The van der Waals surface area contributed by atoms with Crippen LogP contribution in [0.4, 0.5) is 23.2 Å². The molecule has 1 aliphatic rings. The van der Waals surface area contributed by atoms with E-state index in [2.05, 4.69) is 20.5 Å². The zero-order valence-corrected chi connectivity index (χ0v) is 21.8. The summed E-state index contributed by atoms with van der Waals surface area (Å²) in [4.78, 5) is 4.45. The summed E-state index contributed by atoms with van der Waals surface area (Å²) in [5, 5.41) is 11.2. The lowest BCUT2D eigenvalue weighted by Crippen LogP contribution is -2.09. The summed E-state index contributed by atoms with van der Waals surface area (Å²) in [6.07, 6.45) is 2.64. The molecule has 206 valence electrons. The van der Waals surface area contributed by atoms with Gasteiger partial charge in [-0.2, -0.15) is 13.2 Å². The lowest BCUT2D eigenvalue weighted by molar-refractivity contribution is -0.136. The molecule has 40 heavy (non-hydrogen) atoms. The van der Waals surface area contributed by atoms with Crippen LogP contribution < -0.4 is 5.32 Å². The molecule has 0 atom stereocenters. The van der Waals surface area contributed by atoms with E-state index in [4.69, 9.17) is 4.42 Å². The Morgan fingerprint density at radius 3 is 2.55 bits per heavy atom. The first-order valence-corrected chi connectivity index (χ1v) is 13.3. The van der Waals surface area contributed by atoms with Crippen molar-refractivity contribution in [3.8, 4) is 34.0 Å². The Morgan fingerprint density at radius 1 is 1.00 bits per heavy atom. The molecule has 1 saturated carbocycles. The monoisotopic (exact) mass is 549 g/mol. The number of benzene rings is 3. The van der Waals surface area contributed by atoms with E-state index in [0.29, 0.717) is 46.2 Å². The molecule has 6 nitrogen and oxygen atoms in total. The Bertz CT molecular complexity index is 1670. The van der Waals surface area contributed by atoms with Crippen LogP contribution >= 0.6 is 0 Å². The summed E-state index contributed by atoms with van der Waals surface area (Å²) in [6, 6.07) is 14.1. The molecule has 0 aliphatic heterocycles. The first-order valence-electron chi connectivity index (χ1n) is 13.3. The van der Waals surface area contributed by atoms with E-state index in [1.165, 1.54) is 44.1 Å². The molecule has 5 aromatic rings. The van der Waals surface area contributed by atoms with Gasteiger partial charge in [0, 0.05) is 30.4 Å². The third-order valence-electron chi connectivity index (χ3n) is 7.51. The van der Waals surface area contributed by atoms with Crippen molar-refractivity contribution < 1.29 is 22.0 Å². The molecule has 0 saturated heterocycles. The third kappa shape index (κ3) is 5.17. The fourth-order valence-electron chi connectivity index (χ4n) is 5.49. The second-order valence-corrected chi connectivity index (χ2v) is 10.3. The second-order valence-electron chi connectivity index (χ2n) is 10.3. The molecular formula is C30H27F4N5O. The van der Waals surface area contributed by atoms with Gasteiger partial charge in [-0.1, -0.05) is 43.9 Å². The Kier molecular flexibility index (Phi) is 6.77. The first-order chi connectivity index (χ1) is 19.3. The van der Waals surface area contributed by atoms with Crippen molar-refractivity contribution in [1.82, 2.24) is 19.7 Å². The third-order valence-corrected chi connectivity index (χ3v) is 7.51. The predicted molar refractivity (Wildman–Crippen MR) is 145 cm³/mol. The molecule has 0 spiro atoms. The van der Waals surface area contributed by atoms with Crippen molar-refractivity contribution in [2.24, 2.45) is 13.0 Å². The second kappa shape index (κ2) is 10.4. The van der Waals surface area contributed by atoms with Crippen LogP contribution in [0.5, 0.6) is 0 Å². The quantitative estimate of drug-likeness (QED) is 0.208. The lowest BCUT2D eigenvalue weighted by atomic mass is 9.97. The SMILES string of the molecule is Cn1cnnc1-c1cc(F)ccc1-c1cccc(-c2nc3cc(NCCC4CCCC4)cc(C(F)(F)F)c3o2)c1. The predicted octanol–water partition coefficient (Wildman–Crippen LogP) is 8.11. The number of aryl methyl sites for hydroxylation is 1. The van der Waals surface area contributed by atoms with Crippen LogP contribution in [-0.4, -0.2) is 26.3 Å². The maximum Gasteiger partial charge on any atom is 0.420 e. The van der Waals surface area contributed by atoms with E-state index >= 15 is 0 Å². The summed E-state index contributed by atoms with van der Waals surface area (Å²) in [6.45, 7) is 0.603. The summed E-state index contributed by atoms with van der Waals surface area (Å²) >= 11 is 0. The van der Waals surface area contributed by atoms with Gasteiger partial charge in [-0.15, -0.1) is 10.2 Å². The molecule has 6 rings (SSSR count). The summed E-state index contributed by atoms with van der Waals surface area (Å²) < 4.78 is 63.8. The van der Waals surface area contributed by atoms with Gasteiger partial charge in [0.05, 0.1) is 0 Å². The van der Waals surface area contributed by atoms with E-state index in [1.54, 1.807) is 41.9 Å². The average Bonchev–Trinajstić information content (AvgIpc) is 3.69. The molecule has 1 aliphatic carbocycles. The topological polar surface area (TPSA) is 68.8 Å². The highest BCUT2D eigenvalue weighted by molar-refractivity contribution is 5.86. The van der Waals surface area contributed by atoms with Gasteiger partial charge in [0.2, 0.25) is 5.89 Å². The minimum absolute atomic E-state index is 0.0628. The summed E-state index contributed by atoms with van der Waals surface area (Å²) in [5.74, 6) is 0.737. The van der Waals surface area contributed by atoms with E-state index in [1.807, 2.05) is 6.07 Å². The van der Waals surface area contributed by atoms with Gasteiger partial charge in [-0.3, -0.25) is 0 Å². The molecule has 1 N–H and O–H groups in total. The van der Waals surface area contributed by atoms with Crippen LogP contribution in [0.2, 0.25) is 0 Å². The molecule has 0 radical (unpaired) electrons. The van der Waals surface area contributed by atoms with Gasteiger partial charge >= 0.3 is 6.18 Å². The Morgan fingerprint density at radius 2 is 1.80 bits per heavy atom. The minimum Gasteiger partial charge on any atom is -0.435 e. The smallest absolute Gasteiger partial charge is 0.420 e. The number of aromatic nitrogens is 4. The van der Waals surface area contributed by atoms with Gasteiger partial charge in [0.15, 0.2) is 11.4 Å². The van der Waals surface area contributed by atoms with Crippen LogP contribution in [0.1, 0.15) is 37.7 Å². The van der Waals surface area contributed by atoms with Crippen LogP contribution in [0.15, 0.2) is 65.3 Å². The van der Waals surface area contributed by atoms with E-state index in [0.717, 1.165) is 12.5 Å². The number of fused-ring (bicyclic) bond motifs is 1. The number of hydrogen-bond acceptors (Lipinski definition) is 5. The maximum absolute atomic E-state index is 14.2. The fourth-order valence-corrected chi connectivity index (χ4v) is 5.49. The average molecular weight is 550 g/mol. The normalized spacial score (nSPS) is 14.3. The highest BCUT2D eigenvalue weighted by Crippen LogP contribution is 2.40. The summed E-state index contributed by atoms with van der Waals surface area (Å²) in [5.41, 5.74) is 1.71. The number of nitrogens with zero attached hydrogens (tertiary/aromatic N) is 4. The van der Waals surface area contributed by atoms with E-state index in [-0.39, 0.29) is 17.0 Å². The largest absolute Gasteiger partial charge is 0.435 e. The number of alkyl halides is 3. The van der Waals surface area contributed by atoms with Crippen molar-refractivity contribution >= 4 is 16.8 Å². The number of hydrogen-bond donors (Lipinski definition) is 1. The van der Waals surface area contributed by atoms with Gasteiger partial charge in [0.1, 0.15) is 23.2 Å². The minimum atomic E-state index is -4.61. The lowest BCUT2D eigenvalue weighted by Gasteiger charge is -2.13. The van der Waals surface area contributed by atoms with Crippen molar-refractivity contribution in [3.63, 3.8) is 0 Å². The Balaban J connectivity index is 1.36.